The number of hydrogen-bond acceptors (Lipinski definition) is 8. The summed E-state index contributed by atoms with van der Waals surface area (Å²) in [4.78, 5) is 35.3. The van der Waals surface area contributed by atoms with Crippen LogP contribution in [0.2, 0.25) is 0 Å². The fourth-order valence-corrected chi connectivity index (χ4v) is 7.54. The molecule has 0 radical (unpaired) electrons. The monoisotopic (exact) mass is 733 g/mol. The number of esters is 1. The average molecular weight is 735 g/mol. The van der Waals surface area contributed by atoms with Crippen LogP contribution in [0.5, 0.6) is 11.5 Å². The molecule has 3 saturated carbocycles. The fourth-order valence-electron chi connectivity index (χ4n) is 7.18. The van der Waals surface area contributed by atoms with E-state index in [1.54, 1.807) is 26.8 Å². The molecule has 1 saturated heterocycles. The molecular weight excluding hydrogens is 695 g/mol. The number of benzene rings is 2. The van der Waals surface area contributed by atoms with E-state index >= 15 is 0 Å². The minimum absolute atomic E-state index is 0.135. The molecule has 2 aromatic carbocycles. The number of para-hydroxylation sites is 2. The van der Waals surface area contributed by atoms with Gasteiger partial charge in [0.1, 0.15) is 17.5 Å². The standard InChI is InChI=1S/C35H39BrF3N3O6/c1-21-28(23-19-22(36)9-10-24(23)40-29(21)42-15-17-45-18-16-42)30(43)41-34-13-11-33(12-14-34,31(44)48-32(2,3)4)20-27(34)46-25-7-5-6-8-26(25)47-35(37,38)39/h5-10,19,27H,11-18,20H2,1-4H3,(H,41,43). The van der Waals surface area contributed by atoms with Gasteiger partial charge in [-0.2, -0.15) is 0 Å². The second-order valence-corrected chi connectivity index (χ2v) is 14.8. The first kappa shape index (κ1) is 34.3. The number of fused-ring (bicyclic) bond motifs is 4. The number of anilines is 1. The highest BCUT2D eigenvalue weighted by molar-refractivity contribution is 9.10. The lowest BCUT2D eigenvalue weighted by molar-refractivity contribution is -0.275. The predicted octanol–water partition coefficient (Wildman–Crippen LogP) is 7.26. The van der Waals surface area contributed by atoms with Crippen molar-refractivity contribution in [1.82, 2.24) is 10.3 Å². The summed E-state index contributed by atoms with van der Waals surface area (Å²) in [5.41, 5.74) is -0.854. The summed E-state index contributed by atoms with van der Waals surface area (Å²) in [6.45, 7) is 9.60. The average Bonchev–Trinajstić information content (AvgIpc) is 3.01. The molecule has 1 N–H and O–H groups in total. The lowest BCUT2D eigenvalue weighted by atomic mass is 9.55. The van der Waals surface area contributed by atoms with Crippen molar-refractivity contribution in [2.24, 2.45) is 5.41 Å². The van der Waals surface area contributed by atoms with Crippen LogP contribution < -0.4 is 19.7 Å². The van der Waals surface area contributed by atoms with Gasteiger partial charge in [0.15, 0.2) is 11.5 Å². The highest BCUT2D eigenvalue weighted by Crippen LogP contribution is 2.55. The summed E-state index contributed by atoms with van der Waals surface area (Å²) in [5.74, 6) is -0.677. The summed E-state index contributed by atoms with van der Waals surface area (Å²) in [5, 5.41) is 3.95. The minimum atomic E-state index is -4.94. The topological polar surface area (TPSA) is 99.2 Å². The van der Waals surface area contributed by atoms with Crippen molar-refractivity contribution in [2.45, 2.75) is 83.4 Å². The zero-order valence-corrected chi connectivity index (χ0v) is 28.9. The molecule has 7 rings (SSSR count). The van der Waals surface area contributed by atoms with Crippen LogP contribution in [0.3, 0.4) is 0 Å². The number of nitrogens with one attached hydrogen (secondary N) is 1. The van der Waals surface area contributed by atoms with Crippen LogP contribution in [-0.2, 0) is 14.3 Å². The Bertz CT molecular complexity index is 1710. The van der Waals surface area contributed by atoms with Crippen LogP contribution >= 0.6 is 15.9 Å². The second kappa shape index (κ2) is 12.7. The van der Waals surface area contributed by atoms with E-state index in [2.05, 4.69) is 30.9 Å². The molecule has 13 heteroatoms. The van der Waals surface area contributed by atoms with Crippen LogP contribution in [0.15, 0.2) is 46.9 Å². The quantitative estimate of drug-likeness (QED) is 0.254. The summed E-state index contributed by atoms with van der Waals surface area (Å²) in [6.07, 6.45) is -4.12. The molecule has 1 aromatic heterocycles. The number of nitrogens with zero attached hydrogens (tertiary/aromatic N) is 2. The zero-order chi connectivity index (χ0) is 34.5. The molecule has 2 heterocycles. The first-order valence-corrected chi connectivity index (χ1v) is 16.9. The third-order valence-electron chi connectivity index (χ3n) is 9.53. The van der Waals surface area contributed by atoms with E-state index in [1.165, 1.54) is 18.2 Å². The van der Waals surface area contributed by atoms with E-state index in [9.17, 15) is 22.8 Å². The van der Waals surface area contributed by atoms with E-state index in [1.807, 2.05) is 25.1 Å². The summed E-state index contributed by atoms with van der Waals surface area (Å²) < 4.78 is 62.9. The second-order valence-electron chi connectivity index (χ2n) is 13.9. The molecule has 0 spiro atoms. The van der Waals surface area contributed by atoms with Gasteiger partial charge >= 0.3 is 12.3 Å². The van der Waals surface area contributed by atoms with Gasteiger partial charge < -0.3 is 29.2 Å². The van der Waals surface area contributed by atoms with Gasteiger partial charge in [-0.05, 0) is 83.7 Å². The van der Waals surface area contributed by atoms with E-state index in [-0.39, 0.29) is 24.0 Å². The Morgan fingerprint density at radius 3 is 2.33 bits per heavy atom. The lowest BCUT2D eigenvalue weighted by Crippen LogP contribution is -2.67. The molecule has 48 heavy (non-hydrogen) atoms. The van der Waals surface area contributed by atoms with Crippen molar-refractivity contribution < 1.29 is 41.7 Å². The van der Waals surface area contributed by atoms with Crippen molar-refractivity contribution in [3.63, 3.8) is 0 Å². The summed E-state index contributed by atoms with van der Waals surface area (Å²) in [7, 11) is 0. The molecule has 3 aromatic rings. The van der Waals surface area contributed by atoms with Crippen LogP contribution in [0.25, 0.3) is 10.9 Å². The van der Waals surface area contributed by atoms with Crippen molar-refractivity contribution in [1.29, 1.82) is 0 Å². The molecule has 4 aliphatic rings. The fraction of sp³-hybridized carbons (Fsp3) is 0.514. The van der Waals surface area contributed by atoms with Crippen molar-refractivity contribution in [3.05, 3.63) is 58.1 Å². The van der Waals surface area contributed by atoms with Crippen molar-refractivity contribution in [3.8, 4) is 11.5 Å². The van der Waals surface area contributed by atoms with Crippen molar-refractivity contribution in [2.75, 3.05) is 31.2 Å². The normalized spacial score (nSPS) is 24.3. The maximum atomic E-state index is 14.6. The maximum Gasteiger partial charge on any atom is 0.573 e. The minimum Gasteiger partial charge on any atom is -0.484 e. The molecule has 2 bridgehead atoms. The predicted molar refractivity (Wildman–Crippen MR) is 176 cm³/mol. The number of hydrogen-bond donors (Lipinski definition) is 1. The number of rotatable bonds is 7. The Morgan fingerprint density at radius 1 is 1.02 bits per heavy atom. The van der Waals surface area contributed by atoms with E-state index in [0.29, 0.717) is 79.8 Å². The molecule has 9 nitrogen and oxygen atoms in total. The zero-order valence-electron chi connectivity index (χ0n) is 27.3. The van der Waals surface area contributed by atoms with Crippen LogP contribution in [0.1, 0.15) is 68.8 Å². The maximum absolute atomic E-state index is 14.6. The first-order chi connectivity index (χ1) is 22.6. The first-order valence-electron chi connectivity index (χ1n) is 16.1. The van der Waals surface area contributed by atoms with Crippen molar-refractivity contribution >= 4 is 44.5 Å². The number of ether oxygens (including phenoxy) is 4. The summed E-state index contributed by atoms with van der Waals surface area (Å²) >= 11 is 3.54. The SMILES string of the molecule is Cc1c(N2CCOCC2)nc2ccc(Br)cc2c1C(=O)NC12CCC(C(=O)OC(C)(C)C)(CC1)CC2Oc1ccccc1OC(F)(F)F. The Hall–Kier alpha value is -3.58. The van der Waals surface area contributed by atoms with E-state index in [0.717, 1.165) is 4.47 Å². The van der Waals surface area contributed by atoms with Gasteiger partial charge in [-0.25, -0.2) is 4.98 Å². The van der Waals surface area contributed by atoms with E-state index in [4.69, 9.17) is 19.2 Å². The Kier molecular flexibility index (Phi) is 9.08. The molecular formula is C35H39BrF3N3O6. The van der Waals surface area contributed by atoms with Crippen LogP contribution in [0.4, 0.5) is 19.0 Å². The highest BCUT2D eigenvalue weighted by atomic mass is 79.9. The molecule has 1 unspecified atom stereocenters. The van der Waals surface area contributed by atoms with Gasteiger partial charge in [-0.1, -0.05) is 28.1 Å². The lowest BCUT2D eigenvalue weighted by Gasteiger charge is -2.56. The largest absolute Gasteiger partial charge is 0.573 e. The number of carbonyl (C=O) groups is 2. The number of carbonyl (C=O) groups excluding carboxylic acids is 2. The number of alkyl halides is 3. The Balaban J connectivity index is 1.39. The van der Waals surface area contributed by atoms with Gasteiger partial charge in [-0.15, -0.1) is 13.2 Å². The number of halogens is 4. The molecule has 258 valence electrons. The highest BCUT2D eigenvalue weighted by Gasteiger charge is 2.60. The smallest absolute Gasteiger partial charge is 0.484 e. The third-order valence-corrected chi connectivity index (χ3v) is 10.0. The van der Waals surface area contributed by atoms with E-state index < -0.39 is 34.8 Å². The van der Waals surface area contributed by atoms with Crippen LogP contribution in [-0.4, -0.2) is 66.8 Å². The number of pyridine rings is 1. The Labute approximate surface area is 285 Å². The number of aromatic nitrogens is 1. The van der Waals surface area contributed by atoms with Gasteiger partial charge in [0.25, 0.3) is 5.91 Å². The molecule has 1 aliphatic heterocycles. The molecule has 4 fully saturated rings. The van der Waals surface area contributed by atoms with Gasteiger partial charge in [0, 0.05) is 34.9 Å². The number of amides is 1. The van der Waals surface area contributed by atoms with Gasteiger partial charge in [0.2, 0.25) is 0 Å². The summed E-state index contributed by atoms with van der Waals surface area (Å²) in [6, 6.07) is 11.1. The van der Waals surface area contributed by atoms with Gasteiger partial charge in [-0.3, -0.25) is 9.59 Å². The number of morpholine rings is 1. The van der Waals surface area contributed by atoms with Gasteiger partial charge in [0.05, 0.1) is 35.2 Å². The molecule has 3 aliphatic carbocycles. The third kappa shape index (κ3) is 6.94. The molecule has 1 amide bonds. The Morgan fingerprint density at radius 2 is 1.69 bits per heavy atom. The molecule has 1 atom stereocenters. The van der Waals surface area contributed by atoms with Crippen LogP contribution in [0, 0.1) is 12.3 Å².